The van der Waals surface area contributed by atoms with Crippen molar-refractivity contribution in [2.75, 3.05) is 0 Å². The van der Waals surface area contributed by atoms with Crippen molar-refractivity contribution in [1.29, 1.82) is 0 Å². The molecule has 0 unspecified atom stereocenters. The summed E-state index contributed by atoms with van der Waals surface area (Å²) >= 11 is 0. The Morgan fingerprint density at radius 1 is 1.13 bits per heavy atom. The number of aryl methyl sites for hydroxylation is 1. The van der Waals surface area contributed by atoms with E-state index in [4.69, 9.17) is 0 Å². The van der Waals surface area contributed by atoms with Gasteiger partial charge in [-0.05, 0) is 57.9 Å². The molecule has 0 spiro atoms. The zero-order chi connectivity index (χ0) is 16.4. The second-order valence-electron chi connectivity index (χ2n) is 5.99. The highest BCUT2D eigenvalue weighted by molar-refractivity contribution is 6.00. The normalized spacial score (nSPS) is 15.8. The fourth-order valence-electron chi connectivity index (χ4n) is 2.99. The minimum absolute atomic E-state index is 0.161. The number of hydrogen-bond donors (Lipinski definition) is 1. The fraction of sp³-hybridized carbons (Fsp3) is 0.263. The molecular formula is C19H21N3O. The molecule has 1 aliphatic carbocycles. The molecule has 1 N–H and O–H groups in total. The first-order valence-corrected chi connectivity index (χ1v) is 7.84. The molecule has 0 aliphatic heterocycles. The highest BCUT2D eigenvalue weighted by Gasteiger charge is 2.16. The second-order valence-corrected chi connectivity index (χ2v) is 5.99. The van der Waals surface area contributed by atoms with Crippen molar-refractivity contribution in [2.24, 2.45) is 5.10 Å². The molecule has 2 aromatic rings. The number of aromatic nitrogens is 1. The topological polar surface area (TPSA) is 46.4 Å². The van der Waals surface area contributed by atoms with Gasteiger partial charge in [0.1, 0.15) is 0 Å². The van der Waals surface area contributed by atoms with Gasteiger partial charge < -0.3 is 4.57 Å². The first kappa shape index (κ1) is 15.3. The number of hydrazone groups is 1. The average molecular weight is 307 g/mol. The van der Waals surface area contributed by atoms with E-state index in [1.807, 2.05) is 56.3 Å². The molecular weight excluding hydrogens is 286 g/mol. The van der Waals surface area contributed by atoms with Crippen LogP contribution in [0.3, 0.4) is 0 Å². The lowest BCUT2D eigenvalue weighted by atomic mass is 10.2. The Kier molecular flexibility index (Phi) is 4.15. The van der Waals surface area contributed by atoms with Crippen molar-refractivity contribution in [2.45, 2.75) is 33.6 Å². The van der Waals surface area contributed by atoms with Crippen molar-refractivity contribution < 1.29 is 4.79 Å². The summed E-state index contributed by atoms with van der Waals surface area (Å²) in [6.45, 7) is 6.05. The zero-order valence-corrected chi connectivity index (χ0v) is 13.8. The smallest absolute Gasteiger partial charge is 0.273 e. The molecule has 1 amide bonds. The van der Waals surface area contributed by atoms with Crippen LogP contribution in [0.1, 0.15) is 41.5 Å². The Morgan fingerprint density at radius 3 is 2.52 bits per heavy atom. The van der Waals surface area contributed by atoms with E-state index in [9.17, 15) is 4.79 Å². The van der Waals surface area contributed by atoms with Crippen LogP contribution in [0.25, 0.3) is 5.69 Å². The van der Waals surface area contributed by atoms with E-state index < -0.39 is 0 Å². The molecule has 0 saturated carbocycles. The molecule has 0 atom stereocenters. The van der Waals surface area contributed by atoms with Crippen LogP contribution in [-0.2, 0) is 0 Å². The van der Waals surface area contributed by atoms with Crippen molar-refractivity contribution in [3.63, 3.8) is 0 Å². The molecule has 0 fully saturated rings. The van der Waals surface area contributed by atoms with Gasteiger partial charge in [0.2, 0.25) is 0 Å². The quantitative estimate of drug-likeness (QED) is 0.858. The molecule has 3 rings (SSSR count). The first-order chi connectivity index (χ1) is 11.1. The highest BCUT2D eigenvalue weighted by Crippen LogP contribution is 2.21. The maximum atomic E-state index is 12.4. The summed E-state index contributed by atoms with van der Waals surface area (Å²) in [6.07, 6.45) is 3.96. The van der Waals surface area contributed by atoms with Crippen LogP contribution in [0.15, 0.2) is 53.1 Å². The third-order valence-corrected chi connectivity index (χ3v) is 4.18. The number of nitrogens with zero attached hydrogens (tertiary/aromatic N) is 2. The number of hydrogen-bond acceptors (Lipinski definition) is 2. The summed E-state index contributed by atoms with van der Waals surface area (Å²) in [5, 5.41) is 4.23. The molecule has 118 valence electrons. The summed E-state index contributed by atoms with van der Waals surface area (Å²) in [7, 11) is 0. The Bertz CT molecular complexity index is 798. The van der Waals surface area contributed by atoms with Gasteiger partial charge in [0.15, 0.2) is 0 Å². The minimum atomic E-state index is -0.161. The summed E-state index contributed by atoms with van der Waals surface area (Å²) in [6, 6.07) is 12.0. The Labute approximate surface area is 136 Å². The van der Waals surface area contributed by atoms with E-state index in [1.165, 1.54) is 5.57 Å². The number of amides is 1. The van der Waals surface area contributed by atoms with Gasteiger partial charge in [-0.25, -0.2) is 5.43 Å². The molecule has 0 bridgehead atoms. The highest BCUT2D eigenvalue weighted by atomic mass is 16.2. The van der Waals surface area contributed by atoms with E-state index in [2.05, 4.69) is 22.0 Å². The number of nitrogens with one attached hydrogen (secondary N) is 1. The van der Waals surface area contributed by atoms with Gasteiger partial charge in [-0.3, -0.25) is 4.79 Å². The molecule has 1 aliphatic rings. The third-order valence-electron chi connectivity index (χ3n) is 4.18. The van der Waals surface area contributed by atoms with Crippen LogP contribution in [0.5, 0.6) is 0 Å². The van der Waals surface area contributed by atoms with Crippen LogP contribution < -0.4 is 5.43 Å². The van der Waals surface area contributed by atoms with Gasteiger partial charge in [0, 0.05) is 17.1 Å². The monoisotopic (exact) mass is 307 g/mol. The van der Waals surface area contributed by atoms with Gasteiger partial charge in [0.05, 0.1) is 11.3 Å². The van der Waals surface area contributed by atoms with Crippen LogP contribution in [0, 0.1) is 13.8 Å². The third kappa shape index (κ3) is 3.11. The number of carbonyl (C=O) groups excluding carboxylic acids is 1. The molecule has 0 radical (unpaired) electrons. The summed E-state index contributed by atoms with van der Waals surface area (Å²) in [5.41, 5.74) is 8.60. The lowest BCUT2D eigenvalue weighted by Gasteiger charge is -2.09. The van der Waals surface area contributed by atoms with E-state index in [-0.39, 0.29) is 5.91 Å². The van der Waals surface area contributed by atoms with E-state index in [0.29, 0.717) is 5.56 Å². The molecule has 23 heavy (non-hydrogen) atoms. The van der Waals surface area contributed by atoms with Gasteiger partial charge in [-0.15, -0.1) is 0 Å². The molecule has 4 heteroatoms. The molecule has 1 aromatic heterocycles. The first-order valence-electron chi connectivity index (χ1n) is 7.84. The summed E-state index contributed by atoms with van der Waals surface area (Å²) in [4.78, 5) is 12.4. The van der Waals surface area contributed by atoms with Gasteiger partial charge in [0.25, 0.3) is 5.91 Å². The Balaban J connectivity index is 1.85. The van der Waals surface area contributed by atoms with Crippen LogP contribution in [0.2, 0.25) is 0 Å². The van der Waals surface area contributed by atoms with Gasteiger partial charge in [-0.2, -0.15) is 5.10 Å². The van der Waals surface area contributed by atoms with Crippen LogP contribution in [-0.4, -0.2) is 16.2 Å². The number of carbonyl (C=O) groups is 1. The lowest BCUT2D eigenvalue weighted by molar-refractivity contribution is 0.0954. The zero-order valence-electron chi connectivity index (χ0n) is 13.8. The van der Waals surface area contributed by atoms with E-state index >= 15 is 0 Å². The van der Waals surface area contributed by atoms with E-state index in [1.54, 1.807) is 0 Å². The van der Waals surface area contributed by atoms with Crippen molar-refractivity contribution in [3.05, 3.63) is 65.0 Å². The minimum Gasteiger partial charge on any atom is -0.318 e. The second kappa shape index (κ2) is 6.24. The maximum Gasteiger partial charge on any atom is 0.273 e. The Morgan fingerprint density at radius 2 is 1.87 bits per heavy atom. The number of para-hydroxylation sites is 1. The molecule has 1 heterocycles. The largest absolute Gasteiger partial charge is 0.318 e. The number of rotatable bonds is 3. The summed E-state index contributed by atoms with van der Waals surface area (Å²) in [5.74, 6) is -0.161. The van der Waals surface area contributed by atoms with Gasteiger partial charge >= 0.3 is 0 Å². The van der Waals surface area contributed by atoms with Crippen molar-refractivity contribution >= 4 is 11.6 Å². The predicted molar refractivity (Wildman–Crippen MR) is 93.1 cm³/mol. The SMILES string of the molecule is CC1=C/C(=N/NC(=O)c2cc(C)n(-c3ccccc3)c2C)CC1. The number of allylic oxidation sites excluding steroid dienone is 2. The fourth-order valence-corrected chi connectivity index (χ4v) is 2.99. The number of benzene rings is 1. The predicted octanol–water partition coefficient (Wildman–Crippen LogP) is 3.92. The van der Waals surface area contributed by atoms with E-state index in [0.717, 1.165) is 35.6 Å². The Hall–Kier alpha value is -2.62. The molecule has 4 nitrogen and oxygen atoms in total. The molecule has 1 aromatic carbocycles. The van der Waals surface area contributed by atoms with Crippen LogP contribution in [0.4, 0.5) is 0 Å². The molecule has 0 saturated heterocycles. The van der Waals surface area contributed by atoms with Gasteiger partial charge in [-0.1, -0.05) is 23.8 Å². The lowest BCUT2D eigenvalue weighted by Crippen LogP contribution is -2.19. The van der Waals surface area contributed by atoms with Crippen LogP contribution >= 0.6 is 0 Å². The maximum absolute atomic E-state index is 12.4. The summed E-state index contributed by atoms with van der Waals surface area (Å²) < 4.78 is 2.08. The van der Waals surface area contributed by atoms with Crippen molar-refractivity contribution in [1.82, 2.24) is 9.99 Å². The van der Waals surface area contributed by atoms with Crippen molar-refractivity contribution in [3.8, 4) is 5.69 Å². The average Bonchev–Trinajstić information content (AvgIpc) is 3.09. The standard InChI is InChI=1S/C19H21N3O/c1-13-9-10-16(11-13)20-21-19(23)18-12-14(2)22(15(18)3)17-7-5-4-6-8-17/h4-8,11-12H,9-10H2,1-3H3,(H,21,23)/b20-16+.